The van der Waals surface area contributed by atoms with E-state index in [9.17, 15) is 0 Å². The van der Waals surface area contributed by atoms with Crippen LogP contribution in [0.3, 0.4) is 0 Å². The van der Waals surface area contributed by atoms with Gasteiger partial charge >= 0.3 is 0 Å². The van der Waals surface area contributed by atoms with Crippen molar-refractivity contribution in [1.29, 1.82) is 0 Å². The van der Waals surface area contributed by atoms with Crippen LogP contribution in [0.2, 0.25) is 0 Å². The standard InChI is InChI=1S/C70H52N2/c1-49-19-17-21-51(45-49)53-33-43-65-67(47-53)69(55-35-39-61(40-36-55)71(57-23-7-3-8-24-57)58-25-9-4-10-26-58)63-31-15-16-32-64(63)70(65,68-48-54(34-44-66(68)69)52-22-18-20-50(2)46-52)56-37-41-62(42-38-56)72(59-27-11-5-12-28-59)60-29-13-6-14-30-60/h3-48H,1-2H3. The van der Waals surface area contributed by atoms with Crippen molar-refractivity contribution in [2.75, 3.05) is 9.80 Å². The van der Waals surface area contributed by atoms with E-state index in [1.54, 1.807) is 0 Å². The molecule has 0 aromatic heterocycles. The van der Waals surface area contributed by atoms with E-state index in [1.807, 2.05) is 0 Å². The monoisotopic (exact) mass is 920 g/mol. The zero-order valence-corrected chi connectivity index (χ0v) is 40.5. The topological polar surface area (TPSA) is 6.48 Å². The van der Waals surface area contributed by atoms with Gasteiger partial charge < -0.3 is 9.80 Å². The molecule has 342 valence electrons. The summed E-state index contributed by atoms with van der Waals surface area (Å²) in [4.78, 5) is 4.71. The fraction of sp³-hybridized carbons (Fsp3) is 0.0571. The normalized spacial score (nSPS) is 16.0. The molecule has 2 bridgehead atoms. The summed E-state index contributed by atoms with van der Waals surface area (Å²) in [6.07, 6.45) is 0. The van der Waals surface area contributed by atoms with Crippen molar-refractivity contribution in [3.63, 3.8) is 0 Å². The van der Waals surface area contributed by atoms with Gasteiger partial charge in [0.1, 0.15) is 0 Å². The lowest BCUT2D eigenvalue weighted by Crippen LogP contribution is -2.52. The lowest BCUT2D eigenvalue weighted by atomic mass is 9.44. The van der Waals surface area contributed by atoms with Crippen LogP contribution in [0.5, 0.6) is 0 Å². The van der Waals surface area contributed by atoms with Crippen LogP contribution in [0, 0.1) is 13.8 Å². The molecule has 0 amide bonds. The van der Waals surface area contributed by atoms with Crippen molar-refractivity contribution in [2.24, 2.45) is 0 Å². The summed E-state index contributed by atoms with van der Waals surface area (Å²) in [6.45, 7) is 4.38. The van der Waals surface area contributed by atoms with Gasteiger partial charge in [-0.25, -0.2) is 0 Å². The summed E-state index contributed by atoms with van der Waals surface area (Å²) in [5, 5.41) is 0. The van der Waals surface area contributed by atoms with Crippen LogP contribution in [0.4, 0.5) is 34.1 Å². The first kappa shape index (κ1) is 43.1. The van der Waals surface area contributed by atoms with Crippen molar-refractivity contribution >= 4 is 34.1 Å². The number of aryl methyl sites for hydroxylation is 2. The molecule has 0 N–H and O–H groups in total. The highest BCUT2D eigenvalue weighted by molar-refractivity contribution is 5.87. The first-order valence-corrected chi connectivity index (χ1v) is 25.1. The number of anilines is 6. The second-order valence-corrected chi connectivity index (χ2v) is 19.4. The van der Waals surface area contributed by atoms with Crippen LogP contribution in [-0.4, -0.2) is 0 Å². The molecule has 0 spiro atoms. The molecule has 0 radical (unpaired) electrons. The van der Waals surface area contributed by atoms with E-state index in [0.29, 0.717) is 0 Å². The summed E-state index contributed by atoms with van der Waals surface area (Å²) in [5.41, 5.74) is 23.0. The van der Waals surface area contributed by atoms with E-state index < -0.39 is 10.8 Å². The van der Waals surface area contributed by atoms with E-state index >= 15 is 0 Å². The summed E-state index contributed by atoms with van der Waals surface area (Å²) >= 11 is 0. The van der Waals surface area contributed by atoms with Gasteiger partial charge in [-0.15, -0.1) is 0 Å². The van der Waals surface area contributed by atoms with Crippen molar-refractivity contribution in [1.82, 2.24) is 0 Å². The number of rotatable bonds is 10. The Morgan fingerprint density at radius 2 is 0.514 bits per heavy atom. The Balaban J connectivity index is 1.09. The molecule has 11 aromatic carbocycles. The minimum Gasteiger partial charge on any atom is -0.311 e. The lowest BCUT2D eigenvalue weighted by Gasteiger charge is -2.57. The number of para-hydroxylation sites is 4. The van der Waals surface area contributed by atoms with Crippen molar-refractivity contribution < 1.29 is 0 Å². The minimum atomic E-state index is -0.659. The van der Waals surface area contributed by atoms with Gasteiger partial charge in [0.2, 0.25) is 0 Å². The highest BCUT2D eigenvalue weighted by atomic mass is 15.1. The highest BCUT2D eigenvalue weighted by Crippen LogP contribution is 2.67. The fourth-order valence-corrected chi connectivity index (χ4v) is 12.2. The molecular formula is C70H52N2. The van der Waals surface area contributed by atoms with E-state index in [0.717, 1.165) is 34.1 Å². The number of hydrogen-bond acceptors (Lipinski definition) is 2. The van der Waals surface area contributed by atoms with Crippen molar-refractivity contribution in [3.8, 4) is 22.3 Å². The molecule has 3 aliphatic rings. The molecular weight excluding hydrogens is 869 g/mol. The summed E-state index contributed by atoms with van der Waals surface area (Å²) < 4.78 is 0. The third kappa shape index (κ3) is 6.78. The van der Waals surface area contributed by atoms with Gasteiger partial charge in [0.25, 0.3) is 0 Å². The van der Waals surface area contributed by atoms with Crippen LogP contribution < -0.4 is 9.80 Å². The largest absolute Gasteiger partial charge is 0.311 e. The predicted octanol–water partition coefficient (Wildman–Crippen LogP) is 18.0. The molecule has 0 heterocycles. The molecule has 2 nitrogen and oxygen atoms in total. The van der Waals surface area contributed by atoms with Crippen LogP contribution in [0.25, 0.3) is 22.3 Å². The molecule has 72 heavy (non-hydrogen) atoms. The molecule has 0 aliphatic heterocycles. The maximum Gasteiger partial charge on any atom is 0.0711 e. The van der Waals surface area contributed by atoms with Gasteiger partial charge in [0.15, 0.2) is 0 Å². The van der Waals surface area contributed by atoms with Crippen LogP contribution in [-0.2, 0) is 10.8 Å². The fourth-order valence-electron chi connectivity index (χ4n) is 12.2. The van der Waals surface area contributed by atoms with Crippen LogP contribution >= 0.6 is 0 Å². The van der Waals surface area contributed by atoms with Gasteiger partial charge in [-0.05, 0) is 166 Å². The highest BCUT2D eigenvalue weighted by Gasteiger charge is 2.60. The maximum absolute atomic E-state index is 2.53. The Bertz CT molecular complexity index is 3420. The molecule has 14 rings (SSSR count). The van der Waals surface area contributed by atoms with E-state index in [2.05, 4.69) is 303 Å². The van der Waals surface area contributed by atoms with Gasteiger partial charge in [-0.3, -0.25) is 0 Å². The smallest absolute Gasteiger partial charge is 0.0711 e. The lowest BCUT2D eigenvalue weighted by molar-refractivity contribution is 0.557. The average Bonchev–Trinajstić information content (AvgIpc) is 3.44. The minimum absolute atomic E-state index is 0.659. The molecule has 3 aliphatic carbocycles. The predicted molar refractivity (Wildman–Crippen MR) is 300 cm³/mol. The second kappa shape index (κ2) is 17.5. The molecule has 11 aromatic rings. The van der Waals surface area contributed by atoms with Crippen LogP contribution in [0.15, 0.2) is 279 Å². The van der Waals surface area contributed by atoms with Crippen molar-refractivity contribution in [2.45, 2.75) is 24.7 Å². The second-order valence-electron chi connectivity index (χ2n) is 19.4. The molecule has 2 atom stereocenters. The van der Waals surface area contributed by atoms with Gasteiger partial charge in [0, 0.05) is 34.1 Å². The quantitative estimate of drug-likeness (QED) is 0.135. The van der Waals surface area contributed by atoms with Gasteiger partial charge in [0.05, 0.1) is 10.8 Å². The third-order valence-electron chi connectivity index (χ3n) is 15.3. The third-order valence-corrected chi connectivity index (χ3v) is 15.3. The first-order chi connectivity index (χ1) is 35.5. The Morgan fingerprint density at radius 1 is 0.222 bits per heavy atom. The van der Waals surface area contributed by atoms with Crippen molar-refractivity contribution in [3.05, 3.63) is 335 Å². The molecule has 0 fully saturated rings. The summed E-state index contributed by atoms with van der Waals surface area (Å²) in [7, 11) is 0. The summed E-state index contributed by atoms with van der Waals surface area (Å²) in [5.74, 6) is 0. The Kier molecular flexibility index (Phi) is 10.4. The Hall–Kier alpha value is -8.98. The van der Waals surface area contributed by atoms with Crippen LogP contribution in [0.1, 0.15) is 55.6 Å². The molecule has 2 heteroatoms. The average molecular weight is 921 g/mol. The first-order valence-electron chi connectivity index (χ1n) is 25.1. The molecule has 2 unspecified atom stereocenters. The maximum atomic E-state index is 2.53. The molecule has 0 saturated carbocycles. The number of nitrogens with zero attached hydrogens (tertiary/aromatic N) is 2. The molecule has 0 saturated heterocycles. The van der Waals surface area contributed by atoms with Gasteiger partial charge in [-0.1, -0.05) is 205 Å². The van der Waals surface area contributed by atoms with E-state index in [4.69, 9.17) is 0 Å². The van der Waals surface area contributed by atoms with Gasteiger partial charge in [-0.2, -0.15) is 0 Å². The Labute approximate surface area is 423 Å². The van der Waals surface area contributed by atoms with E-state index in [-0.39, 0.29) is 0 Å². The number of hydrogen-bond donors (Lipinski definition) is 0. The Morgan fingerprint density at radius 3 is 0.847 bits per heavy atom. The SMILES string of the molecule is Cc1cccc(-c2ccc3c(c2)C2(c4ccc(N(c5ccccc5)c5ccccc5)cc4)c4ccccc4C3(c3ccc(N(c4ccccc4)c4ccccc4)cc3)c3cc(-c4cccc(C)c4)ccc32)c1. The zero-order valence-electron chi connectivity index (χ0n) is 40.5. The number of benzene rings is 11. The zero-order chi connectivity index (χ0) is 48.2. The summed E-state index contributed by atoms with van der Waals surface area (Å²) in [6, 6.07) is 104. The van der Waals surface area contributed by atoms with E-state index in [1.165, 1.54) is 77.9 Å².